The number of esters is 1. The van der Waals surface area contributed by atoms with Crippen LogP contribution >= 0.6 is 23.2 Å². The van der Waals surface area contributed by atoms with E-state index in [9.17, 15) is 9.59 Å². The van der Waals surface area contributed by atoms with Gasteiger partial charge < -0.3 is 30.4 Å². The number of halogens is 2. The van der Waals surface area contributed by atoms with Crippen LogP contribution in [0.25, 0.3) is 16.9 Å². The summed E-state index contributed by atoms with van der Waals surface area (Å²) in [6, 6.07) is 13.6. The van der Waals surface area contributed by atoms with E-state index in [2.05, 4.69) is 40.3 Å². The lowest BCUT2D eigenvalue weighted by Crippen LogP contribution is -2.12. The second kappa shape index (κ2) is 13.9. The van der Waals surface area contributed by atoms with E-state index in [1.54, 1.807) is 48.5 Å². The molecule has 4 N–H and O–H groups in total. The number of aromatic nitrogens is 7. The number of carbonyl (C=O) groups excluding carboxylic acids is 1. The summed E-state index contributed by atoms with van der Waals surface area (Å²) in [5.41, 5.74) is 8.55. The Hall–Kier alpha value is -5.28. The minimum atomic E-state index is -1.03. The molecule has 0 aliphatic heterocycles. The predicted molar refractivity (Wildman–Crippen MR) is 151 cm³/mol. The Bertz CT molecular complexity index is 1680. The monoisotopic (exact) mass is 613 g/mol. The number of carboxylic acids is 1. The highest BCUT2D eigenvalue weighted by Crippen LogP contribution is 2.23. The van der Waals surface area contributed by atoms with Crippen LogP contribution in [-0.2, 0) is 14.3 Å². The third kappa shape index (κ3) is 8.12. The molecule has 5 rings (SSSR count). The summed E-state index contributed by atoms with van der Waals surface area (Å²) in [6.07, 6.45) is 2.91. The molecular formula is C25H21Cl2N9O6. The number of aliphatic carboxylic acids is 1. The first kappa shape index (κ1) is 29.7. The SMILES string of the molecule is COC(=O)COc1ccc(Nc2nc(Cl)ncc2N)cc1.O=C(O)COc1ccc(-n2nnc3cnc(Cl)nc32)cc1. The van der Waals surface area contributed by atoms with Gasteiger partial charge >= 0.3 is 11.9 Å². The van der Waals surface area contributed by atoms with Crippen molar-refractivity contribution >= 4 is 63.5 Å². The van der Waals surface area contributed by atoms with E-state index in [1.165, 1.54) is 24.2 Å². The number of nitrogens with zero attached hydrogens (tertiary/aromatic N) is 7. The van der Waals surface area contributed by atoms with Crippen molar-refractivity contribution in [2.45, 2.75) is 0 Å². The molecule has 3 aromatic heterocycles. The van der Waals surface area contributed by atoms with Gasteiger partial charge in [-0.2, -0.15) is 14.6 Å². The Morgan fingerprint density at radius 2 is 1.55 bits per heavy atom. The minimum Gasteiger partial charge on any atom is -0.482 e. The zero-order chi connectivity index (χ0) is 30.1. The van der Waals surface area contributed by atoms with Crippen molar-refractivity contribution < 1.29 is 28.9 Å². The topological polar surface area (TPSA) is 202 Å². The lowest BCUT2D eigenvalue weighted by molar-refractivity contribution is -0.143. The number of hydrogen-bond acceptors (Lipinski definition) is 13. The van der Waals surface area contributed by atoms with Gasteiger partial charge in [-0.3, -0.25) is 0 Å². The van der Waals surface area contributed by atoms with E-state index in [0.29, 0.717) is 39.9 Å². The number of fused-ring (bicyclic) bond motifs is 1. The maximum Gasteiger partial charge on any atom is 0.343 e. The number of carboxylic acid groups (broad SMARTS) is 1. The number of rotatable bonds is 9. The van der Waals surface area contributed by atoms with Crippen LogP contribution < -0.4 is 20.5 Å². The third-order valence-electron chi connectivity index (χ3n) is 5.10. The lowest BCUT2D eigenvalue weighted by Gasteiger charge is -2.09. The van der Waals surface area contributed by atoms with Gasteiger partial charge in [0.05, 0.1) is 30.9 Å². The van der Waals surface area contributed by atoms with Crippen molar-refractivity contribution in [1.82, 2.24) is 34.9 Å². The van der Waals surface area contributed by atoms with Gasteiger partial charge in [-0.25, -0.2) is 19.6 Å². The van der Waals surface area contributed by atoms with E-state index in [-0.39, 0.29) is 17.2 Å². The molecule has 2 aromatic carbocycles. The number of anilines is 3. The number of methoxy groups -OCH3 is 1. The van der Waals surface area contributed by atoms with Crippen LogP contribution in [0.2, 0.25) is 10.6 Å². The summed E-state index contributed by atoms with van der Waals surface area (Å²) in [5.74, 6) is -0.0793. The summed E-state index contributed by atoms with van der Waals surface area (Å²) in [4.78, 5) is 37.1. The highest BCUT2D eigenvalue weighted by molar-refractivity contribution is 6.28. The molecule has 0 unspecified atom stereocenters. The molecule has 42 heavy (non-hydrogen) atoms. The van der Waals surface area contributed by atoms with Crippen molar-refractivity contribution in [1.29, 1.82) is 0 Å². The predicted octanol–water partition coefficient (Wildman–Crippen LogP) is 3.33. The molecule has 0 aliphatic rings. The van der Waals surface area contributed by atoms with Crippen LogP contribution in [0.1, 0.15) is 0 Å². The molecule has 0 spiro atoms. The van der Waals surface area contributed by atoms with Crippen LogP contribution in [0, 0.1) is 0 Å². The lowest BCUT2D eigenvalue weighted by atomic mass is 10.3. The summed E-state index contributed by atoms with van der Waals surface area (Å²) in [6.45, 7) is -0.536. The fourth-order valence-corrected chi connectivity index (χ4v) is 3.41. The molecule has 3 heterocycles. The third-order valence-corrected chi connectivity index (χ3v) is 5.46. The molecule has 0 radical (unpaired) electrons. The first-order valence-electron chi connectivity index (χ1n) is 11.8. The molecule has 0 aliphatic carbocycles. The van der Waals surface area contributed by atoms with Crippen molar-refractivity contribution in [3.05, 3.63) is 71.5 Å². The average Bonchev–Trinajstić information content (AvgIpc) is 3.41. The zero-order valence-electron chi connectivity index (χ0n) is 21.6. The maximum atomic E-state index is 11.0. The second-order valence-electron chi connectivity index (χ2n) is 7.98. The molecule has 5 aromatic rings. The highest BCUT2D eigenvalue weighted by atomic mass is 35.5. The van der Waals surface area contributed by atoms with Gasteiger partial charge in [-0.1, -0.05) is 5.21 Å². The Balaban J connectivity index is 0.000000193. The van der Waals surface area contributed by atoms with E-state index < -0.39 is 18.5 Å². The Morgan fingerprint density at radius 3 is 2.21 bits per heavy atom. The van der Waals surface area contributed by atoms with Gasteiger partial charge in [0, 0.05) is 5.69 Å². The number of nitrogens with one attached hydrogen (secondary N) is 1. The van der Waals surface area contributed by atoms with E-state index in [4.69, 9.17) is 43.5 Å². The van der Waals surface area contributed by atoms with Crippen LogP contribution in [0.5, 0.6) is 11.5 Å². The van der Waals surface area contributed by atoms with Gasteiger partial charge in [0.1, 0.15) is 11.5 Å². The molecule has 17 heteroatoms. The number of carbonyl (C=O) groups is 2. The Morgan fingerprint density at radius 1 is 0.929 bits per heavy atom. The van der Waals surface area contributed by atoms with Crippen molar-refractivity contribution in [2.75, 3.05) is 31.4 Å². The summed E-state index contributed by atoms with van der Waals surface area (Å²) in [5, 5.41) is 19.7. The van der Waals surface area contributed by atoms with E-state index in [0.717, 1.165) is 5.69 Å². The Kier molecular flexibility index (Phi) is 9.81. The minimum absolute atomic E-state index is 0.102. The van der Waals surface area contributed by atoms with Gasteiger partial charge in [0.15, 0.2) is 30.2 Å². The zero-order valence-corrected chi connectivity index (χ0v) is 23.2. The van der Waals surface area contributed by atoms with E-state index >= 15 is 0 Å². The summed E-state index contributed by atoms with van der Waals surface area (Å²) >= 11 is 11.5. The summed E-state index contributed by atoms with van der Waals surface area (Å²) in [7, 11) is 1.30. The number of nitrogen functional groups attached to an aromatic ring is 1. The molecule has 0 fully saturated rings. The maximum absolute atomic E-state index is 11.0. The molecular weight excluding hydrogens is 593 g/mol. The molecule has 15 nitrogen and oxygen atoms in total. The van der Waals surface area contributed by atoms with Crippen molar-refractivity contribution in [3.8, 4) is 17.2 Å². The first-order valence-corrected chi connectivity index (χ1v) is 12.5. The standard InChI is InChI=1S/C13H13ClN4O3.C12H8ClN5O3/c1-20-11(19)7-21-9-4-2-8(3-5-9)17-12-10(15)6-16-13(14)18-12;13-12-14-5-9-11(15-12)18(17-16-9)7-1-3-8(4-2-7)21-6-10(19)20/h2-6H,7,15H2,1H3,(H,16,17,18);1-5H,6H2,(H,19,20). The Labute approximate surface area is 247 Å². The molecule has 0 saturated heterocycles. The van der Waals surface area contributed by atoms with Crippen LogP contribution in [0.3, 0.4) is 0 Å². The fraction of sp³-hybridized carbons (Fsp3) is 0.120. The first-order chi connectivity index (χ1) is 20.2. The normalized spacial score (nSPS) is 10.4. The highest BCUT2D eigenvalue weighted by Gasteiger charge is 2.10. The number of benzene rings is 2. The van der Waals surface area contributed by atoms with Crippen molar-refractivity contribution in [3.63, 3.8) is 0 Å². The largest absolute Gasteiger partial charge is 0.482 e. The quantitative estimate of drug-likeness (QED) is 0.161. The van der Waals surface area contributed by atoms with E-state index in [1.807, 2.05) is 0 Å². The van der Waals surface area contributed by atoms with Crippen LogP contribution in [-0.4, -0.2) is 72.3 Å². The smallest absolute Gasteiger partial charge is 0.343 e. The number of hydrogen-bond donors (Lipinski definition) is 3. The van der Waals surface area contributed by atoms with Gasteiger partial charge in [-0.05, 0) is 71.7 Å². The number of nitrogens with two attached hydrogens (primary N) is 1. The van der Waals surface area contributed by atoms with Crippen LogP contribution in [0.15, 0.2) is 60.9 Å². The van der Waals surface area contributed by atoms with Gasteiger partial charge in [0.25, 0.3) is 0 Å². The second-order valence-corrected chi connectivity index (χ2v) is 8.66. The van der Waals surface area contributed by atoms with Gasteiger partial charge in [-0.15, -0.1) is 5.10 Å². The fourth-order valence-electron chi connectivity index (χ4n) is 3.15. The molecule has 216 valence electrons. The molecule has 0 bridgehead atoms. The van der Waals surface area contributed by atoms with Gasteiger partial charge in [0.2, 0.25) is 10.6 Å². The number of ether oxygens (including phenoxy) is 3. The van der Waals surface area contributed by atoms with Crippen molar-refractivity contribution in [2.24, 2.45) is 0 Å². The average molecular weight is 614 g/mol. The molecule has 0 saturated carbocycles. The molecule has 0 atom stereocenters. The summed E-state index contributed by atoms with van der Waals surface area (Å²) < 4.78 is 16.3. The van der Waals surface area contributed by atoms with Crippen LogP contribution in [0.4, 0.5) is 17.2 Å². The molecule has 0 amide bonds.